The maximum Gasteiger partial charge on any atom is 0.333 e. The van der Waals surface area contributed by atoms with E-state index in [2.05, 4.69) is 4.84 Å². The predicted octanol–water partition coefficient (Wildman–Crippen LogP) is 0.934. The van der Waals surface area contributed by atoms with E-state index < -0.39 is 23.6 Å². The Morgan fingerprint density at radius 3 is 2.61 bits per heavy atom. The lowest BCUT2D eigenvalue weighted by Crippen LogP contribution is -2.34. The number of carbonyl (C=O) groups excluding carboxylic acids is 4. The molecule has 1 aliphatic rings. The Kier molecular flexibility index (Phi) is 5.45. The Balaban J connectivity index is 2.66. The second kappa shape index (κ2) is 6.62. The number of halogens is 1. The van der Waals surface area contributed by atoms with Gasteiger partial charge in [0.1, 0.15) is 0 Å². The number of hydroxylamine groups is 2. The van der Waals surface area contributed by atoms with Gasteiger partial charge in [-0.05, 0) is 6.42 Å². The van der Waals surface area contributed by atoms with Gasteiger partial charge in [-0.25, -0.2) is 4.79 Å². The first-order valence-corrected chi connectivity index (χ1v) is 6.93. The molecular formula is C11H12INO5. The van der Waals surface area contributed by atoms with Crippen molar-refractivity contribution in [3.05, 3.63) is 11.6 Å². The van der Waals surface area contributed by atoms with E-state index in [0.717, 1.165) is 12.5 Å². The van der Waals surface area contributed by atoms with E-state index in [4.69, 9.17) is 0 Å². The Hall–Kier alpha value is -1.25. The first-order chi connectivity index (χ1) is 8.51. The molecule has 0 radical (unpaired) electrons. The highest BCUT2D eigenvalue weighted by Crippen LogP contribution is 2.16. The van der Waals surface area contributed by atoms with Crippen LogP contribution in [0, 0.1) is 0 Å². The van der Waals surface area contributed by atoms with Crippen LogP contribution in [0.2, 0.25) is 0 Å². The maximum atomic E-state index is 11.7. The molecule has 0 atom stereocenters. The summed E-state index contributed by atoms with van der Waals surface area (Å²) >= 11 is 1.79. The molecule has 0 saturated carbocycles. The number of carbonyl (C=O) groups is 4. The van der Waals surface area contributed by atoms with Crippen molar-refractivity contribution in [2.24, 2.45) is 0 Å². The van der Waals surface area contributed by atoms with Crippen LogP contribution in [0.4, 0.5) is 0 Å². The number of alkyl halides is 1. The molecule has 0 bridgehead atoms. The van der Waals surface area contributed by atoms with Crippen LogP contribution in [0.1, 0.15) is 26.2 Å². The van der Waals surface area contributed by atoms with E-state index in [1.165, 1.54) is 0 Å². The summed E-state index contributed by atoms with van der Waals surface area (Å²) in [5, 5.41) is 0.345. The van der Waals surface area contributed by atoms with Gasteiger partial charge in [0.2, 0.25) is 0 Å². The number of hydrogen-bond donors (Lipinski definition) is 0. The van der Waals surface area contributed by atoms with E-state index in [1.807, 2.05) is 6.92 Å². The third-order valence-electron chi connectivity index (χ3n) is 2.23. The Bertz CT molecular complexity index is 429. The second-order valence-corrected chi connectivity index (χ2v) is 4.38. The van der Waals surface area contributed by atoms with Crippen LogP contribution in [0.25, 0.3) is 0 Å². The fourth-order valence-electron chi connectivity index (χ4n) is 1.28. The van der Waals surface area contributed by atoms with Gasteiger partial charge in [0.05, 0.1) is 10.0 Å². The number of hydrogen-bond acceptors (Lipinski definition) is 5. The SMILES string of the molecule is CCCCC(=O)ON1C(=O)C=C(C(=O)CI)C1=O. The van der Waals surface area contributed by atoms with Gasteiger partial charge in [-0.1, -0.05) is 41.0 Å². The molecule has 1 aliphatic heterocycles. The summed E-state index contributed by atoms with van der Waals surface area (Å²) in [6.07, 6.45) is 2.44. The molecule has 0 spiro atoms. The minimum Gasteiger partial charge on any atom is -0.330 e. The standard InChI is InChI=1S/C11H12INO5/c1-2-3-4-10(16)18-13-9(15)5-7(11(13)17)8(14)6-12/h5H,2-4,6H2,1H3. The largest absolute Gasteiger partial charge is 0.333 e. The van der Waals surface area contributed by atoms with Crippen molar-refractivity contribution in [1.82, 2.24) is 5.06 Å². The van der Waals surface area contributed by atoms with Crippen LogP contribution in [0.3, 0.4) is 0 Å². The minimum absolute atomic E-state index is 0.0836. The van der Waals surface area contributed by atoms with Gasteiger partial charge in [0, 0.05) is 12.5 Å². The van der Waals surface area contributed by atoms with Crippen molar-refractivity contribution in [2.75, 3.05) is 4.43 Å². The van der Waals surface area contributed by atoms with Crippen molar-refractivity contribution in [2.45, 2.75) is 26.2 Å². The average molecular weight is 365 g/mol. The first-order valence-electron chi connectivity index (χ1n) is 5.41. The lowest BCUT2D eigenvalue weighted by Gasteiger charge is -2.12. The molecular weight excluding hydrogens is 353 g/mol. The molecule has 0 unspecified atom stereocenters. The van der Waals surface area contributed by atoms with Crippen LogP contribution in [-0.2, 0) is 24.0 Å². The lowest BCUT2D eigenvalue weighted by molar-refractivity contribution is -0.196. The van der Waals surface area contributed by atoms with Crippen molar-refractivity contribution in [1.29, 1.82) is 0 Å². The molecule has 0 N–H and O–H groups in total. The van der Waals surface area contributed by atoms with Crippen LogP contribution in [-0.4, -0.2) is 33.1 Å². The number of amides is 2. The summed E-state index contributed by atoms with van der Waals surface area (Å²) in [6, 6.07) is 0. The number of nitrogens with zero attached hydrogens (tertiary/aromatic N) is 1. The molecule has 98 valence electrons. The monoisotopic (exact) mass is 365 g/mol. The second-order valence-electron chi connectivity index (χ2n) is 3.62. The van der Waals surface area contributed by atoms with Gasteiger partial charge in [0.15, 0.2) is 5.78 Å². The summed E-state index contributed by atoms with van der Waals surface area (Å²) < 4.78 is 0.0836. The van der Waals surface area contributed by atoms with Crippen molar-refractivity contribution in [3.8, 4) is 0 Å². The van der Waals surface area contributed by atoms with Crippen molar-refractivity contribution < 1.29 is 24.0 Å². The van der Waals surface area contributed by atoms with E-state index in [9.17, 15) is 19.2 Å². The zero-order valence-electron chi connectivity index (χ0n) is 9.77. The van der Waals surface area contributed by atoms with Crippen LogP contribution in [0.15, 0.2) is 11.6 Å². The van der Waals surface area contributed by atoms with Crippen LogP contribution < -0.4 is 0 Å². The number of Topliss-reactive ketones (excluding diaryl/α,β-unsaturated/α-hetero) is 1. The fourth-order valence-corrected chi connectivity index (χ4v) is 1.69. The molecule has 18 heavy (non-hydrogen) atoms. The molecule has 6 nitrogen and oxygen atoms in total. The van der Waals surface area contributed by atoms with Crippen LogP contribution >= 0.6 is 22.6 Å². The normalized spacial score (nSPS) is 14.8. The molecule has 0 aliphatic carbocycles. The van der Waals surface area contributed by atoms with Crippen molar-refractivity contribution >= 4 is 46.2 Å². The Morgan fingerprint density at radius 1 is 1.39 bits per heavy atom. The topological polar surface area (TPSA) is 80.8 Å². The Morgan fingerprint density at radius 2 is 2.06 bits per heavy atom. The van der Waals surface area contributed by atoms with Crippen LogP contribution in [0.5, 0.6) is 0 Å². The van der Waals surface area contributed by atoms with E-state index in [1.54, 1.807) is 22.6 Å². The van der Waals surface area contributed by atoms with Crippen molar-refractivity contribution in [3.63, 3.8) is 0 Å². The number of ketones is 1. The zero-order valence-corrected chi connectivity index (χ0v) is 11.9. The summed E-state index contributed by atoms with van der Waals surface area (Å²) in [5.74, 6) is -2.78. The quantitative estimate of drug-likeness (QED) is 0.303. The smallest absolute Gasteiger partial charge is 0.330 e. The van der Waals surface area contributed by atoms with Gasteiger partial charge in [-0.15, -0.1) is 0 Å². The molecule has 0 aromatic carbocycles. The van der Waals surface area contributed by atoms with E-state index >= 15 is 0 Å². The van der Waals surface area contributed by atoms with Gasteiger partial charge >= 0.3 is 5.97 Å². The third-order valence-corrected chi connectivity index (χ3v) is 2.92. The highest BCUT2D eigenvalue weighted by Gasteiger charge is 2.37. The fraction of sp³-hybridized carbons (Fsp3) is 0.455. The number of rotatable bonds is 6. The Labute approximate surface area is 117 Å². The first kappa shape index (κ1) is 14.8. The third kappa shape index (κ3) is 3.37. The molecule has 0 aromatic rings. The summed E-state index contributed by atoms with van der Waals surface area (Å²) in [5.41, 5.74) is -0.238. The lowest BCUT2D eigenvalue weighted by atomic mass is 10.2. The molecule has 1 rings (SSSR count). The van der Waals surface area contributed by atoms with Gasteiger partial charge in [-0.3, -0.25) is 14.4 Å². The highest BCUT2D eigenvalue weighted by molar-refractivity contribution is 14.1. The maximum absolute atomic E-state index is 11.7. The average Bonchev–Trinajstić information content (AvgIpc) is 2.63. The van der Waals surface area contributed by atoms with E-state index in [-0.39, 0.29) is 16.4 Å². The summed E-state index contributed by atoms with van der Waals surface area (Å²) in [6.45, 7) is 1.90. The molecule has 1 heterocycles. The molecule has 7 heteroatoms. The zero-order chi connectivity index (χ0) is 13.7. The van der Waals surface area contributed by atoms with E-state index in [0.29, 0.717) is 11.5 Å². The predicted molar refractivity (Wildman–Crippen MR) is 69.4 cm³/mol. The molecule has 2 amide bonds. The summed E-state index contributed by atoms with van der Waals surface area (Å²) in [7, 11) is 0. The van der Waals surface area contributed by atoms with Gasteiger partial charge in [0.25, 0.3) is 11.8 Å². The molecule has 0 aromatic heterocycles. The minimum atomic E-state index is -0.869. The molecule has 0 fully saturated rings. The van der Waals surface area contributed by atoms with Gasteiger partial charge < -0.3 is 4.84 Å². The highest BCUT2D eigenvalue weighted by atomic mass is 127. The van der Waals surface area contributed by atoms with Gasteiger partial charge in [-0.2, -0.15) is 0 Å². The number of unbranched alkanes of at least 4 members (excludes halogenated alkanes) is 1. The summed E-state index contributed by atoms with van der Waals surface area (Å²) in [4.78, 5) is 50.4. The number of imide groups is 1. The molecule has 0 saturated heterocycles.